The predicted octanol–water partition coefficient (Wildman–Crippen LogP) is 4.68. The van der Waals surface area contributed by atoms with E-state index in [4.69, 9.17) is 0 Å². The fraction of sp³-hybridized carbons (Fsp3) is 0.0714. The van der Waals surface area contributed by atoms with Crippen molar-refractivity contribution in [3.05, 3.63) is 66.6 Å². The molecule has 108 valence electrons. The van der Waals surface area contributed by atoms with Crippen molar-refractivity contribution in [1.29, 1.82) is 0 Å². The Labute approximate surface area is 137 Å². The van der Waals surface area contributed by atoms with Crippen LogP contribution in [0.25, 0.3) is 0 Å². The second-order valence-corrected chi connectivity index (χ2v) is 5.96. The van der Waals surface area contributed by atoms with Crippen LogP contribution in [0.2, 0.25) is 0 Å². The molecule has 2 aromatic rings. The number of halogens is 2. The minimum absolute atomic E-state index is 0.0863. The number of carbonyl (C=O) groups is 1. The summed E-state index contributed by atoms with van der Waals surface area (Å²) in [6.45, 7) is 1.88. The minimum Gasteiger partial charge on any atom is -0.321 e. The lowest BCUT2D eigenvalue weighted by molar-refractivity contribution is -0.384. The highest BCUT2D eigenvalue weighted by Crippen LogP contribution is 2.28. The van der Waals surface area contributed by atoms with E-state index in [0.717, 1.165) is 5.56 Å². The van der Waals surface area contributed by atoms with Crippen molar-refractivity contribution in [3.8, 4) is 0 Å². The summed E-state index contributed by atoms with van der Waals surface area (Å²) in [5.41, 5.74) is 1.66. The van der Waals surface area contributed by atoms with Gasteiger partial charge in [0.05, 0.1) is 16.2 Å². The van der Waals surface area contributed by atoms with Gasteiger partial charge in [0.25, 0.3) is 11.6 Å². The van der Waals surface area contributed by atoms with Crippen molar-refractivity contribution >= 4 is 49.1 Å². The van der Waals surface area contributed by atoms with E-state index >= 15 is 0 Å². The molecular weight excluding hydrogens is 404 g/mol. The van der Waals surface area contributed by atoms with Gasteiger partial charge in [-0.05, 0) is 56.5 Å². The van der Waals surface area contributed by atoms with Crippen molar-refractivity contribution in [2.45, 2.75) is 6.92 Å². The second kappa shape index (κ2) is 6.36. The van der Waals surface area contributed by atoms with Gasteiger partial charge >= 0.3 is 0 Å². The van der Waals surface area contributed by atoms with Crippen molar-refractivity contribution in [2.24, 2.45) is 0 Å². The van der Waals surface area contributed by atoms with Gasteiger partial charge < -0.3 is 5.32 Å². The zero-order valence-corrected chi connectivity index (χ0v) is 14.1. The van der Waals surface area contributed by atoms with Gasteiger partial charge in [-0.15, -0.1) is 0 Å². The van der Waals surface area contributed by atoms with Crippen LogP contribution in [0.15, 0.2) is 45.3 Å². The normalized spacial score (nSPS) is 10.2. The zero-order valence-electron chi connectivity index (χ0n) is 10.9. The zero-order chi connectivity index (χ0) is 15.6. The number of nitrogens with one attached hydrogen (secondary N) is 1. The van der Waals surface area contributed by atoms with Crippen LogP contribution in [0.3, 0.4) is 0 Å². The van der Waals surface area contributed by atoms with E-state index < -0.39 is 4.92 Å². The Hall–Kier alpha value is -1.73. The highest BCUT2D eigenvalue weighted by molar-refractivity contribution is 9.11. The van der Waals surface area contributed by atoms with Gasteiger partial charge in [-0.25, -0.2) is 0 Å². The molecule has 2 rings (SSSR count). The molecule has 21 heavy (non-hydrogen) atoms. The molecule has 0 aliphatic rings. The molecular formula is C14H10Br2N2O3. The van der Waals surface area contributed by atoms with E-state index in [9.17, 15) is 14.9 Å². The smallest absolute Gasteiger partial charge is 0.271 e. The second-order valence-electron chi connectivity index (χ2n) is 4.31. The molecule has 1 amide bonds. The topological polar surface area (TPSA) is 72.2 Å². The first-order chi connectivity index (χ1) is 9.90. The number of nitro groups is 1. The monoisotopic (exact) mass is 412 g/mol. The van der Waals surface area contributed by atoms with Crippen molar-refractivity contribution in [2.75, 3.05) is 5.32 Å². The minimum atomic E-state index is -0.509. The molecule has 0 fully saturated rings. The van der Waals surface area contributed by atoms with Crippen LogP contribution < -0.4 is 5.32 Å². The number of nitro benzene ring substituents is 1. The molecule has 0 unspecified atom stereocenters. The van der Waals surface area contributed by atoms with Gasteiger partial charge in [-0.3, -0.25) is 14.9 Å². The van der Waals surface area contributed by atoms with Crippen LogP contribution in [0.5, 0.6) is 0 Å². The standard InChI is InChI=1S/C14H10Br2N2O3/c1-8-3-2-4-10(13(8)16)14(19)17-12-7-9(18(20)21)5-6-11(12)15/h2-7H,1H3,(H,17,19). The number of hydrogen-bond acceptors (Lipinski definition) is 3. The summed E-state index contributed by atoms with van der Waals surface area (Å²) in [5, 5.41) is 13.5. The number of hydrogen-bond donors (Lipinski definition) is 1. The SMILES string of the molecule is Cc1cccc(C(=O)Nc2cc([N+](=O)[O-])ccc2Br)c1Br. The average molecular weight is 414 g/mol. The molecule has 1 N–H and O–H groups in total. The van der Waals surface area contributed by atoms with Gasteiger partial charge in [0.1, 0.15) is 0 Å². The van der Waals surface area contributed by atoms with Gasteiger partial charge in [-0.1, -0.05) is 12.1 Å². The molecule has 0 bridgehead atoms. The van der Waals surface area contributed by atoms with Gasteiger partial charge in [0, 0.05) is 21.1 Å². The first-order valence-electron chi connectivity index (χ1n) is 5.90. The Morgan fingerprint density at radius 1 is 1.24 bits per heavy atom. The Bertz CT molecular complexity index is 732. The van der Waals surface area contributed by atoms with E-state index in [1.165, 1.54) is 18.2 Å². The third kappa shape index (κ3) is 3.48. The fourth-order valence-electron chi connectivity index (χ4n) is 1.74. The molecule has 5 nitrogen and oxygen atoms in total. The van der Waals surface area contributed by atoms with E-state index in [-0.39, 0.29) is 11.6 Å². The maximum absolute atomic E-state index is 12.3. The molecule has 2 aromatic carbocycles. The summed E-state index contributed by atoms with van der Waals surface area (Å²) in [5.74, 6) is -0.341. The lowest BCUT2D eigenvalue weighted by Gasteiger charge is -2.09. The first kappa shape index (κ1) is 15.7. The molecule has 0 heterocycles. The van der Waals surface area contributed by atoms with Crippen LogP contribution in [-0.2, 0) is 0 Å². The van der Waals surface area contributed by atoms with E-state index in [1.54, 1.807) is 12.1 Å². The van der Waals surface area contributed by atoms with Crippen LogP contribution in [0, 0.1) is 17.0 Å². The molecule has 0 aliphatic heterocycles. The summed E-state index contributed by atoms with van der Waals surface area (Å²) < 4.78 is 1.27. The quantitative estimate of drug-likeness (QED) is 0.586. The molecule has 0 spiro atoms. The molecule has 0 aliphatic carbocycles. The number of carbonyl (C=O) groups excluding carboxylic acids is 1. The third-order valence-electron chi connectivity index (χ3n) is 2.85. The molecule has 0 saturated carbocycles. The summed E-state index contributed by atoms with van der Waals surface area (Å²) >= 11 is 6.63. The maximum Gasteiger partial charge on any atom is 0.271 e. The highest BCUT2D eigenvalue weighted by atomic mass is 79.9. The van der Waals surface area contributed by atoms with Crippen molar-refractivity contribution < 1.29 is 9.72 Å². The number of non-ortho nitro benzene ring substituents is 1. The predicted molar refractivity (Wildman–Crippen MR) is 87.6 cm³/mol. The lowest BCUT2D eigenvalue weighted by atomic mass is 10.1. The Morgan fingerprint density at radius 3 is 2.62 bits per heavy atom. The number of rotatable bonds is 3. The van der Waals surface area contributed by atoms with E-state index in [2.05, 4.69) is 37.2 Å². The summed E-state index contributed by atoms with van der Waals surface area (Å²) in [4.78, 5) is 22.6. The third-order valence-corrected chi connectivity index (χ3v) is 4.59. The Kier molecular flexibility index (Phi) is 4.74. The average Bonchev–Trinajstić information content (AvgIpc) is 2.43. The van der Waals surface area contributed by atoms with Crippen LogP contribution in [0.4, 0.5) is 11.4 Å². The molecule has 0 radical (unpaired) electrons. The van der Waals surface area contributed by atoms with E-state index in [1.807, 2.05) is 13.0 Å². The van der Waals surface area contributed by atoms with Gasteiger partial charge in [0.15, 0.2) is 0 Å². The van der Waals surface area contributed by atoms with Crippen LogP contribution >= 0.6 is 31.9 Å². The molecule has 0 saturated heterocycles. The first-order valence-corrected chi connectivity index (χ1v) is 7.49. The van der Waals surface area contributed by atoms with Gasteiger partial charge in [0.2, 0.25) is 0 Å². The van der Waals surface area contributed by atoms with Gasteiger partial charge in [-0.2, -0.15) is 0 Å². The molecule has 7 heteroatoms. The lowest BCUT2D eigenvalue weighted by Crippen LogP contribution is -2.13. The van der Waals surface area contributed by atoms with Crippen LogP contribution in [0.1, 0.15) is 15.9 Å². The fourth-order valence-corrected chi connectivity index (χ4v) is 2.53. The highest BCUT2D eigenvalue weighted by Gasteiger charge is 2.15. The maximum atomic E-state index is 12.3. The summed E-state index contributed by atoms with van der Waals surface area (Å²) in [7, 11) is 0. The number of aryl methyl sites for hydroxylation is 1. The Balaban J connectivity index is 2.33. The number of nitrogens with zero attached hydrogens (tertiary/aromatic N) is 1. The number of amides is 1. The van der Waals surface area contributed by atoms with Crippen LogP contribution in [-0.4, -0.2) is 10.8 Å². The number of anilines is 1. The largest absolute Gasteiger partial charge is 0.321 e. The summed E-state index contributed by atoms with van der Waals surface area (Å²) in [6, 6.07) is 9.53. The van der Waals surface area contributed by atoms with Crippen molar-refractivity contribution in [1.82, 2.24) is 0 Å². The van der Waals surface area contributed by atoms with Crippen molar-refractivity contribution in [3.63, 3.8) is 0 Å². The summed E-state index contributed by atoms with van der Waals surface area (Å²) in [6.07, 6.45) is 0. The Morgan fingerprint density at radius 2 is 1.95 bits per heavy atom. The van der Waals surface area contributed by atoms with E-state index in [0.29, 0.717) is 20.2 Å². The molecule has 0 aromatic heterocycles. The number of benzene rings is 2. The molecule has 0 atom stereocenters.